The van der Waals surface area contributed by atoms with E-state index in [0.717, 1.165) is 5.56 Å². The number of benzene rings is 1. The number of aliphatic hydroxyl groups is 1. The van der Waals surface area contributed by atoms with Crippen molar-refractivity contribution < 1.29 is 18.3 Å². The van der Waals surface area contributed by atoms with Crippen molar-refractivity contribution in [2.45, 2.75) is 19.0 Å². The number of alkyl halides is 3. The second-order valence-electron chi connectivity index (χ2n) is 3.56. The fraction of sp³-hybridized carbons (Fsp3) is 0.455. The van der Waals surface area contributed by atoms with Crippen LogP contribution in [0.25, 0.3) is 0 Å². The van der Waals surface area contributed by atoms with E-state index in [2.05, 4.69) is 0 Å². The molecular weight excluding hydrogens is 205 g/mol. The van der Waals surface area contributed by atoms with Crippen molar-refractivity contribution in [1.29, 1.82) is 0 Å². The first-order chi connectivity index (χ1) is 7.01. The van der Waals surface area contributed by atoms with Gasteiger partial charge in [0.2, 0.25) is 0 Å². The minimum absolute atomic E-state index is 0.261. The van der Waals surface area contributed by atoms with Crippen LogP contribution in [0, 0.1) is 5.92 Å². The third-order valence-electron chi connectivity index (χ3n) is 2.15. The summed E-state index contributed by atoms with van der Waals surface area (Å²) in [6.45, 7) is -0.436. The van der Waals surface area contributed by atoms with Crippen molar-refractivity contribution >= 4 is 0 Å². The summed E-state index contributed by atoms with van der Waals surface area (Å²) in [4.78, 5) is 0. The van der Waals surface area contributed by atoms with Crippen LogP contribution in [-0.4, -0.2) is 17.9 Å². The zero-order valence-corrected chi connectivity index (χ0v) is 8.17. The molecule has 0 spiro atoms. The van der Waals surface area contributed by atoms with Gasteiger partial charge < -0.3 is 5.11 Å². The van der Waals surface area contributed by atoms with E-state index < -0.39 is 25.1 Å². The first-order valence-corrected chi connectivity index (χ1v) is 4.73. The van der Waals surface area contributed by atoms with E-state index in [4.69, 9.17) is 5.11 Å². The predicted octanol–water partition coefficient (Wildman–Crippen LogP) is 2.79. The van der Waals surface area contributed by atoms with Gasteiger partial charge in [0.05, 0.1) is 0 Å². The Morgan fingerprint density at radius 1 is 1.13 bits per heavy atom. The third kappa shape index (κ3) is 4.83. The Kier molecular flexibility index (Phi) is 4.15. The minimum Gasteiger partial charge on any atom is -0.396 e. The van der Waals surface area contributed by atoms with E-state index in [1.165, 1.54) is 0 Å². The number of rotatable bonds is 4. The summed E-state index contributed by atoms with van der Waals surface area (Å²) in [5, 5.41) is 8.85. The second kappa shape index (κ2) is 5.16. The van der Waals surface area contributed by atoms with Gasteiger partial charge in [-0.25, -0.2) is 0 Å². The van der Waals surface area contributed by atoms with E-state index in [1.807, 2.05) is 0 Å². The Bertz CT molecular complexity index is 282. The van der Waals surface area contributed by atoms with Crippen LogP contribution in [-0.2, 0) is 6.42 Å². The van der Waals surface area contributed by atoms with Crippen LogP contribution in [0.2, 0.25) is 0 Å². The molecule has 84 valence electrons. The SMILES string of the molecule is OC[C@@H](Cc1ccccc1)CC(F)(F)F. The van der Waals surface area contributed by atoms with E-state index in [9.17, 15) is 13.2 Å². The van der Waals surface area contributed by atoms with E-state index in [1.54, 1.807) is 30.3 Å². The van der Waals surface area contributed by atoms with Gasteiger partial charge in [-0.05, 0) is 17.9 Å². The van der Waals surface area contributed by atoms with Crippen molar-refractivity contribution in [2.75, 3.05) is 6.61 Å². The van der Waals surface area contributed by atoms with Gasteiger partial charge in [-0.1, -0.05) is 30.3 Å². The Hall–Kier alpha value is -1.03. The Balaban J connectivity index is 2.55. The van der Waals surface area contributed by atoms with Gasteiger partial charge in [0.25, 0.3) is 0 Å². The van der Waals surface area contributed by atoms with E-state index in [-0.39, 0.29) is 6.42 Å². The molecule has 1 nitrogen and oxygen atoms in total. The molecule has 0 bridgehead atoms. The van der Waals surface area contributed by atoms with Crippen LogP contribution >= 0.6 is 0 Å². The van der Waals surface area contributed by atoms with Crippen molar-refractivity contribution in [1.82, 2.24) is 0 Å². The third-order valence-corrected chi connectivity index (χ3v) is 2.15. The van der Waals surface area contributed by atoms with Gasteiger partial charge in [-0.15, -0.1) is 0 Å². The molecule has 0 unspecified atom stereocenters. The average molecular weight is 218 g/mol. The Labute approximate surface area is 86.5 Å². The lowest BCUT2D eigenvalue weighted by Crippen LogP contribution is -2.19. The quantitative estimate of drug-likeness (QED) is 0.823. The molecule has 0 saturated heterocycles. The molecule has 15 heavy (non-hydrogen) atoms. The Morgan fingerprint density at radius 3 is 2.20 bits per heavy atom. The first-order valence-electron chi connectivity index (χ1n) is 4.73. The lowest BCUT2D eigenvalue weighted by atomic mass is 9.97. The normalized spacial score (nSPS) is 13.9. The van der Waals surface area contributed by atoms with Crippen LogP contribution in [0.1, 0.15) is 12.0 Å². The fourth-order valence-electron chi connectivity index (χ4n) is 1.48. The molecule has 0 aromatic heterocycles. The molecule has 1 N–H and O–H groups in total. The van der Waals surface area contributed by atoms with Gasteiger partial charge in [0, 0.05) is 13.0 Å². The lowest BCUT2D eigenvalue weighted by Gasteiger charge is -2.16. The fourth-order valence-corrected chi connectivity index (χ4v) is 1.48. The van der Waals surface area contributed by atoms with Gasteiger partial charge in [-0.2, -0.15) is 13.2 Å². The van der Waals surface area contributed by atoms with Crippen molar-refractivity contribution in [3.63, 3.8) is 0 Å². The summed E-state index contributed by atoms with van der Waals surface area (Å²) in [6.07, 6.45) is -4.88. The van der Waals surface area contributed by atoms with Crippen LogP contribution in [0.3, 0.4) is 0 Å². The van der Waals surface area contributed by atoms with Crippen molar-refractivity contribution in [3.05, 3.63) is 35.9 Å². The summed E-state index contributed by atoms with van der Waals surface area (Å²) in [7, 11) is 0. The zero-order valence-electron chi connectivity index (χ0n) is 8.17. The molecule has 0 aliphatic rings. The largest absolute Gasteiger partial charge is 0.396 e. The molecule has 0 heterocycles. The Morgan fingerprint density at radius 2 is 1.73 bits per heavy atom. The highest BCUT2D eigenvalue weighted by molar-refractivity contribution is 5.15. The van der Waals surface area contributed by atoms with Gasteiger partial charge in [-0.3, -0.25) is 0 Å². The molecule has 0 fully saturated rings. The van der Waals surface area contributed by atoms with Crippen molar-refractivity contribution in [3.8, 4) is 0 Å². The number of halogens is 3. The zero-order chi connectivity index (χ0) is 11.3. The molecule has 1 aromatic rings. The van der Waals surface area contributed by atoms with Crippen molar-refractivity contribution in [2.24, 2.45) is 5.92 Å². The highest BCUT2D eigenvalue weighted by Gasteiger charge is 2.31. The molecule has 0 amide bonds. The topological polar surface area (TPSA) is 20.2 Å². The van der Waals surface area contributed by atoms with Gasteiger partial charge in [0.1, 0.15) is 0 Å². The molecule has 1 rings (SSSR count). The van der Waals surface area contributed by atoms with Crippen LogP contribution in [0.4, 0.5) is 13.2 Å². The van der Waals surface area contributed by atoms with E-state index >= 15 is 0 Å². The summed E-state index contributed by atoms with van der Waals surface area (Å²) in [5.74, 6) is -0.743. The lowest BCUT2D eigenvalue weighted by molar-refractivity contribution is -0.147. The molecule has 4 heteroatoms. The molecule has 1 atom stereocenters. The molecule has 0 aliphatic carbocycles. The molecule has 0 aliphatic heterocycles. The standard InChI is InChI=1S/C11H13F3O/c12-11(13,14)7-10(8-15)6-9-4-2-1-3-5-9/h1-5,10,15H,6-8H2/t10-/m0/s1. The van der Waals surface area contributed by atoms with Crippen LogP contribution < -0.4 is 0 Å². The van der Waals surface area contributed by atoms with Gasteiger partial charge >= 0.3 is 6.18 Å². The van der Waals surface area contributed by atoms with Crippen LogP contribution in [0.15, 0.2) is 30.3 Å². The summed E-state index contributed by atoms with van der Waals surface area (Å²) < 4.78 is 36.3. The van der Waals surface area contributed by atoms with Gasteiger partial charge in [0.15, 0.2) is 0 Å². The molecule has 1 aromatic carbocycles. The molecule has 0 radical (unpaired) electrons. The number of hydrogen-bond acceptors (Lipinski definition) is 1. The monoisotopic (exact) mass is 218 g/mol. The smallest absolute Gasteiger partial charge is 0.389 e. The van der Waals surface area contributed by atoms with Crippen LogP contribution in [0.5, 0.6) is 0 Å². The highest BCUT2D eigenvalue weighted by atomic mass is 19.4. The summed E-state index contributed by atoms with van der Waals surface area (Å²) in [5.41, 5.74) is 0.820. The average Bonchev–Trinajstić information content (AvgIpc) is 2.16. The maximum absolute atomic E-state index is 12.1. The van der Waals surface area contributed by atoms with E-state index in [0.29, 0.717) is 0 Å². The maximum Gasteiger partial charge on any atom is 0.389 e. The molecular formula is C11H13F3O. The number of aliphatic hydroxyl groups excluding tert-OH is 1. The second-order valence-corrected chi connectivity index (χ2v) is 3.56. The first kappa shape index (κ1) is 12.0. The summed E-state index contributed by atoms with van der Waals surface area (Å²) in [6, 6.07) is 8.88. The molecule has 0 saturated carbocycles. The predicted molar refractivity (Wildman–Crippen MR) is 51.4 cm³/mol. The summed E-state index contributed by atoms with van der Waals surface area (Å²) >= 11 is 0. The number of hydrogen-bond donors (Lipinski definition) is 1. The maximum atomic E-state index is 12.1. The minimum atomic E-state index is -4.21. The highest BCUT2D eigenvalue weighted by Crippen LogP contribution is 2.26.